The van der Waals surface area contributed by atoms with E-state index in [4.69, 9.17) is 28.2 Å². The minimum atomic E-state index is 0.00933. The monoisotopic (exact) mass is 423 g/mol. The molecule has 2 heterocycles. The van der Waals surface area contributed by atoms with Crippen molar-refractivity contribution in [3.8, 4) is 0 Å². The van der Waals surface area contributed by atoms with Crippen molar-refractivity contribution in [2.24, 2.45) is 0 Å². The fraction of sp³-hybridized carbons (Fsp3) is 0.400. The van der Waals surface area contributed by atoms with Crippen LogP contribution in [0.3, 0.4) is 0 Å². The molecule has 0 aliphatic rings. The van der Waals surface area contributed by atoms with Gasteiger partial charge in [-0.1, -0.05) is 43.1 Å². The molecule has 0 radical (unpaired) electrons. The number of hydrogen-bond donors (Lipinski definition) is 0. The molecule has 3 aromatic rings. The molecule has 0 saturated heterocycles. The summed E-state index contributed by atoms with van der Waals surface area (Å²) in [4.78, 5) is 22.4. The summed E-state index contributed by atoms with van der Waals surface area (Å²) in [5, 5.41) is 1.72. The first-order valence-corrected chi connectivity index (χ1v) is 10.6. The first-order valence-electron chi connectivity index (χ1n) is 9.01. The Morgan fingerprint density at radius 3 is 2.48 bits per heavy atom. The van der Waals surface area contributed by atoms with Crippen molar-refractivity contribution >= 4 is 44.8 Å². The van der Waals surface area contributed by atoms with Crippen molar-refractivity contribution in [3.05, 3.63) is 60.4 Å². The van der Waals surface area contributed by atoms with Crippen LogP contribution in [0.25, 0.3) is 10.2 Å². The summed E-state index contributed by atoms with van der Waals surface area (Å²) in [6, 6.07) is 5.48. The Balaban J connectivity index is 2.17. The van der Waals surface area contributed by atoms with Gasteiger partial charge < -0.3 is 0 Å². The summed E-state index contributed by atoms with van der Waals surface area (Å²) in [6.07, 6.45) is 0. The van der Waals surface area contributed by atoms with E-state index in [1.54, 1.807) is 22.0 Å². The van der Waals surface area contributed by atoms with E-state index in [1.807, 2.05) is 26.0 Å². The Morgan fingerprint density at radius 2 is 1.85 bits per heavy atom. The molecular weight excluding hydrogens is 401 g/mol. The molecule has 1 aromatic carbocycles. The highest BCUT2D eigenvalue weighted by atomic mass is 35.5. The first-order chi connectivity index (χ1) is 12.8. The number of benzene rings is 1. The van der Waals surface area contributed by atoms with E-state index in [9.17, 15) is 4.79 Å². The third-order valence-corrected chi connectivity index (χ3v) is 6.79. The number of nitrogens with zero attached hydrogens (tertiary/aromatic N) is 3. The highest BCUT2D eigenvalue weighted by Crippen LogP contribution is 2.27. The molecule has 3 rings (SSSR count). The lowest BCUT2D eigenvalue weighted by Crippen LogP contribution is -2.31. The lowest BCUT2D eigenvalue weighted by Gasteiger charge is -2.20. The number of aromatic nitrogens is 2. The maximum atomic E-state index is 13.3. The molecule has 0 bridgehead atoms. The number of thiophene rings is 1. The summed E-state index contributed by atoms with van der Waals surface area (Å²) < 4.78 is 1.78. The van der Waals surface area contributed by atoms with Crippen LogP contribution in [0.4, 0.5) is 0 Å². The van der Waals surface area contributed by atoms with Gasteiger partial charge in [-0.15, -0.1) is 11.3 Å². The fourth-order valence-electron chi connectivity index (χ4n) is 3.12. The third kappa shape index (κ3) is 4.06. The number of rotatable bonds is 6. The molecule has 2 aromatic heterocycles. The van der Waals surface area contributed by atoms with E-state index in [-0.39, 0.29) is 5.56 Å². The van der Waals surface area contributed by atoms with Gasteiger partial charge in [0.25, 0.3) is 5.56 Å². The molecule has 4 nitrogen and oxygen atoms in total. The zero-order valence-electron chi connectivity index (χ0n) is 16.0. The smallest absolute Gasteiger partial charge is 0.262 e. The Bertz CT molecular complexity index is 1040. The van der Waals surface area contributed by atoms with E-state index in [0.717, 1.165) is 45.1 Å². The zero-order chi connectivity index (χ0) is 19.7. The Morgan fingerprint density at radius 1 is 1.15 bits per heavy atom. The molecule has 0 amide bonds. The summed E-state index contributed by atoms with van der Waals surface area (Å²) in [6.45, 7) is 11.1. The van der Waals surface area contributed by atoms with Crippen LogP contribution >= 0.6 is 34.5 Å². The van der Waals surface area contributed by atoms with E-state index in [2.05, 4.69) is 18.7 Å². The van der Waals surface area contributed by atoms with Crippen molar-refractivity contribution in [2.45, 2.75) is 40.8 Å². The van der Waals surface area contributed by atoms with Gasteiger partial charge in [0.05, 0.1) is 28.5 Å². The van der Waals surface area contributed by atoms with E-state index < -0.39 is 0 Å². The molecule has 0 atom stereocenters. The summed E-state index contributed by atoms with van der Waals surface area (Å²) in [7, 11) is 0. The molecule has 7 heteroatoms. The number of halogens is 2. The van der Waals surface area contributed by atoms with Gasteiger partial charge in [0, 0.05) is 4.88 Å². The normalized spacial score (nSPS) is 11.7. The maximum Gasteiger partial charge on any atom is 0.262 e. The van der Waals surface area contributed by atoms with Crippen molar-refractivity contribution in [3.63, 3.8) is 0 Å². The summed E-state index contributed by atoms with van der Waals surface area (Å²) in [5.74, 6) is 0.781. The summed E-state index contributed by atoms with van der Waals surface area (Å²) in [5.41, 5.74) is 1.96. The number of aryl methyl sites for hydroxylation is 2. The Kier molecular flexibility index (Phi) is 6.26. The van der Waals surface area contributed by atoms with E-state index in [1.165, 1.54) is 0 Å². The standard InChI is InChI=1S/C20H23Cl2N3OS/c1-5-24(6-2)11-17-23-19-18(12(3)13(4)27-19)20(26)25(17)10-14-7-8-15(21)16(22)9-14/h7-9H,5-6,10-11H2,1-4H3. The average Bonchev–Trinajstić information content (AvgIpc) is 2.93. The molecule has 0 aliphatic carbocycles. The van der Waals surface area contributed by atoms with Gasteiger partial charge in [0.1, 0.15) is 10.7 Å². The second-order valence-corrected chi connectivity index (χ2v) is 8.61. The van der Waals surface area contributed by atoms with Crippen LogP contribution in [0, 0.1) is 13.8 Å². The zero-order valence-corrected chi connectivity index (χ0v) is 18.3. The van der Waals surface area contributed by atoms with Crippen LogP contribution in [0.15, 0.2) is 23.0 Å². The second-order valence-electron chi connectivity index (χ2n) is 6.59. The molecule has 0 unspecified atom stereocenters. The molecule has 144 valence electrons. The van der Waals surface area contributed by atoms with Crippen LogP contribution in [-0.4, -0.2) is 27.5 Å². The molecule has 0 spiro atoms. The van der Waals surface area contributed by atoms with Crippen LogP contribution in [0.5, 0.6) is 0 Å². The largest absolute Gasteiger partial charge is 0.297 e. The maximum absolute atomic E-state index is 13.3. The SMILES string of the molecule is CCN(CC)Cc1nc2sc(C)c(C)c2c(=O)n1Cc1ccc(Cl)c(Cl)c1. The van der Waals surface area contributed by atoms with Crippen molar-refractivity contribution < 1.29 is 0 Å². The fourth-order valence-corrected chi connectivity index (χ4v) is 4.48. The Labute approximate surface area is 173 Å². The van der Waals surface area contributed by atoms with Gasteiger partial charge in [-0.2, -0.15) is 0 Å². The van der Waals surface area contributed by atoms with Gasteiger partial charge in [0.2, 0.25) is 0 Å². The minimum absolute atomic E-state index is 0.00933. The van der Waals surface area contributed by atoms with Gasteiger partial charge >= 0.3 is 0 Å². The lowest BCUT2D eigenvalue weighted by atomic mass is 10.2. The molecule has 0 saturated carbocycles. The van der Waals surface area contributed by atoms with Crippen LogP contribution in [0.2, 0.25) is 10.0 Å². The predicted octanol–water partition coefficient (Wildman–Crippen LogP) is 5.27. The minimum Gasteiger partial charge on any atom is -0.297 e. The van der Waals surface area contributed by atoms with Crippen molar-refractivity contribution in [2.75, 3.05) is 13.1 Å². The van der Waals surface area contributed by atoms with E-state index >= 15 is 0 Å². The number of hydrogen-bond acceptors (Lipinski definition) is 4. The predicted molar refractivity (Wildman–Crippen MR) is 116 cm³/mol. The van der Waals surface area contributed by atoms with Crippen LogP contribution < -0.4 is 5.56 Å². The third-order valence-electron chi connectivity index (χ3n) is 4.95. The lowest BCUT2D eigenvalue weighted by molar-refractivity contribution is 0.282. The molecule has 0 N–H and O–H groups in total. The highest BCUT2D eigenvalue weighted by molar-refractivity contribution is 7.18. The van der Waals surface area contributed by atoms with Crippen LogP contribution in [-0.2, 0) is 13.1 Å². The second kappa shape index (κ2) is 8.31. The van der Waals surface area contributed by atoms with Crippen LogP contribution in [0.1, 0.15) is 35.7 Å². The molecule has 0 fully saturated rings. The Hall–Kier alpha value is -1.40. The molecule has 0 aliphatic heterocycles. The number of fused-ring (bicyclic) bond motifs is 1. The highest BCUT2D eigenvalue weighted by Gasteiger charge is 2.18. The van der Waals surface area contributed by atoms with Crippen molar-refractivity contribution in [1.29, 1.82) is 0 Å². The average molecular weight is 424 g/mol. The molecule has 27 heavy (non-hydrogen) atoms. The van der Waals surface area contributed by atoms with Gasteiger partial charge in [0.15, 0.2) is 0 Å². The first kappa shape index (κ1) is 20.3. The van der Waals surface area contributed by atoms with Crippen molar-refractivity contribution in [1.82, 2.24) is 14.5 Å². The van der Waals surface area contributed by atoms with Gasteiger partial charge in [-0.05, 0) is 50.2 Å². The molecular formula is C20H23Cl2N3OS. The quantitative estimate of drug-likeness (QED) is 0.541. The summed E-state index contributed by atoms with van der Waals surface area (Å²) >= 11 is 13.8. The topological polar surface area (TPSA) is 38.1 Å². The van der Waals surface area contributed by atoms with E-state index in [0.29, 0.717) is 23.1 Å². The van der Waals surface area contributed by atoms with Gasteiger partial charge in [-0.3, -0.25) is 14.3 Å². The van der Waals surface area contributed by atoms with Gasteiger partial charge in [-0.25, -0.2) is 4.98 Å².